The van der Waals surface area contributed by atoms with Gasteiger partial charge in [-0.05, 0) is 24.1 Å². The number of ether oxygens (including phenoxy) is 1. The average molecular weight is 368 g/mol. The summed E-state index contributed by atoms with van der Waals surface area (Å²) in [6.07, 6.45) is 3.12. The van der Waals surface area contributed by atoms with Crippen molar-refractivity contribution in [3.05, 3.63) is 60.4 Å². The molecule has 2 heterocycles. The Morgan fingerprint density at radius 3 is 2.63 bits per heavy atom. The largest absolute Gasteiger partial charge is 0.492 e. The molecule has 140 valence electrons. The number of hydrogen-bond donors (Lipinski definition) is 1. The van der Waals surface area contributed by atoms with E-state index in [0.717, 1.165) is 4.90 Å². The second-order valence-electron chi connectivity index (χ2n) is 6.44. The lowest BCUT2D eigenvalue weighted by Gasteiger charge is -2.25. The predicted octanol–water partition coefficient (Wildman–Crippen LogP) is 2.02. The molecule has 1 aromatic heterocycles. The van der Waals surface area contributed by atoms with E-state index in [9.17, 15) is 19.5 Å². The van der Waals surface area contributed by atoms with Crippen molar-refractivity contribution in [2.45, 2.75) is 24.7 Å². The number of likely N-dealkylation sites (tertiary alicyclic amines) is 1. The second-order valence-corrected chi connectivity index (χ2v) is 6.44. The van der Waals surface area contributed by atoms with Gasteiger partial charge in [-0.1, -0.05) is 30.3 Å². The monoisotopic (exact) mass is 368 g/mol. The number of imide groups is 1. The van der Waals surface area contributed by atoms with Gasteiger partial charge in [0, 0.05) is 19.2 Å². The van der Waals surface area contributed by atoms with Crippen LogP contribution in [0, 0.1) is 0 Å². The summed E-state index contributed by atoms with van der Waals surface area (Å²) >= 11 is 0. The molecule has 7 heteroatoms. The van der Waals surface area contributed by atoms with Crippen LogP contribution in [-0.4, -0.2) is 45.9 Å². The summed E-state index contributed by atoms with van der Waals surface area (Å²) in [5, 5.41) is 9.32. The number of pyridine rings is 1. The van der Waals surface area contributed by atoms with E-state index in [1.165, 1.54) is 0 Å². The molecule has 2 amide bonds. The minimum atomic E-state index is -1.34. The molecule has 1 aliphatic heterocycles. The van der Waals surface area contributed by atoms with Crippen molar-refractivity contribution in [3.63, 3.8) is 0 Å². The van der Waals surface area contributed by atoms with Crippen LogP contribution in [0.4, 0.5) is 0 Å². The Balaban J connectivity index is 1.69. The van der Waals surface area contributed by atoms with E-state index in [1.807, 2.05) is 0 Å². The van der Waals surface area contributed by atoms with Crippen LogP contribution < -0.4 is 4.74 Å². The Morgan fingerprint density at radius 1 is 1.19 bits per heavy atom. The van der Waals surface area contributed by atoms with Crippen LogP contribution in [0.3, 0.4) is 0 Å². The number of rotatable bonds is 8. The molecule has 0 radical (unpaired) electrons. The second kappa shape index (κ2) is 7.99. The fourth-order valence-electron chi connectivity index (χ4n) is 3.35. The third-order valence-corrected chi connectivity index (χ3v) is 4.62. The molecule has 1 fully saturated rings. The molecular formula is C20H20N2O5. The Morgan fingerprint density at radius 2 is 1.96 bits per heavy atom. The summed E-state index contributed by atoms with van der Waals surface area (Å²) in [4.78, 5) is 42.0. The number of carboxylic acid groups (broad SMARTS) is 1. The van der Waals surface area contributed by atoms with Gasteiger partial charge in [-0.2, -0.15) is 0 Å². The molecule has 1 aromatic carbocycles. The Kier molecular flexibility index (Phi) is 5.49. The van der Waals surface area contributed by atoms with Crippen LogP contribution in [0.25, 0.3) is 0 Å². The summed E-state index contributed by atoms with van der Waals surface area (Å²) in [7, 11) is 0. The molecule has 3 rings (SSSR count). The molecule has 1 N–H and O–H groups in total. The van der Waals surface area contributed by atoms with Crippen molar-refractivity contribution < 1.29 is 24.2 Å². The van der Waals surface area contributed by atoms with Gasteiger partial charge < -0.3 is 9.84 Å². The molecule has 0 saturated carbocycles. The molecule has 1 atom stereocenters. The summed E-state index contributed by atoms with van der Waals surface area (Å²) in [6, 6.07) is 12.2. The molecule has 0 bridgehead atoms. The molecule has 27 heavy (non-hydrogen) atoms. The van der Waals surface area contributed by atoms with Crippen molar-refractivity contribution >= 4 is 17.8 Å². The predicted molar refractivity (Wildman–Crippen MR) is 96.1 cm³/mol. The van der Waals surface area contributed by atoms with Crippen molar-refractivity contribution in [1.29, 1.82) is 0 Å². The zero-order chi connectivity index (χ0) is 19.3. The lowest BCUT2D eigenvalue weighted by molar-refractivity contribution is -0.145. The first-order chi connectivity index (χ1) is 13.0. The Hall–Kier alpha value is -3.22. The van der Waals surface area contributed by atoms with Gasteiger partial charge in [0.25, 0.3) is 0 Å². The van der Waals surface area contributed by atoms with Gasteiger partial charge in [-0.25, -0.2) is 0 Å². The van der Waals surface area contributed by atoms with E-state index in [1.54, 1.807) is 54.9 Å². The van der Waals surface area contributed by atoms with Crippen LogP contribution in [-0.2, 0) is 19.8 Å². The fourth-order valence-corrected chi connectivity index (χ4v) is 3.35. The molecule has 2 aromatic rings. The summed E-state index contributed by atoms with van der Waals surface area (Å²) in [6.45, 7) is 0.506. The maximum absolute atomic E-state index is 13.0. The lowest BCUT2D eigenvalue weighted by atomic mass is 9.76. The molecular weight excluding hydrogens is 348 g/mol. The van der Waals surface area contributed by atoms with Gasteiger partial charge in [0.2, 0.25) is 11.8 Å². The highest BCUT2D eigenvalue weighted by Crippen LogP contribution is 2.39. The first-order valence-corrected chi connectivity index (χ1v) is 8.68. The van der Waals surface area contributed by atoms with Crippen molar-refractivity contribution in [3.8, 4) is 5.75 Å². The highest BCUT2D eigenvalue weighted by Gasteiger charge is 2.53. The van der Waals surface area contributed by atoms with E-state index in [-0.39, 0.29) is 18.9 Å². The molecule has 0 aliphatic carbocycles. The van der Waals surface area contributed by atoms with E-state index in [2.05, 4.69) is 4.98 Å². The van der Waals surface area contributed by atoms with Crippen LogP contribution in [0.5, 0.6) is 5.75 Å². The minimum absolute atomic E-state index is 0.133. The van der Waals surface area contributed by atoms with E-state index in [0.29, 0.717) is 24.3 Å². The standard InChI is InChI=1S/C20H20N2O5/c23-17-12-20(13-18(24)25,15-6-2-1-3-7-15)19(26)22(17)10-5-11-27-16-8-4-9-21-14-16/h1-4,6-9,14H,5,10-13H2,(H,24,25)/t20-/m1/s1. The number of amides is 2. The number of aliphatic carboxylic acids is 1. The number of hydrogen-bond acceptors (Lipinski definition) is 5. The zero-order valence-electron chi connectivity index (χ0n) is 14.7. The number of aromatic nitrogens is 1. The SMILES string of the molecule is O=C(O)C[C@@]1(c2ccccc2)CC(=O)N(CCCOc2cccnc2)C1=O. The van der Waals surface area contributed by atoms with E-state index < -0.39 is 23.7 Å². The molecule has 1 aliphatic rings. The van der Waals surface area contributed by atoms with Crippen LogP contribution >= 0.6 is 0 Å². The minimum Gasteiger partial charge on any atom is -0.492 e. The first-order valence-electron chi connectivity index (χ1n) is 8.68. The zero-order valence-corrected chi connectivity index (χ0v) is 14.7. The van der Waals surface area contributed by atoms with Gasteiger partial charge in [0.1, 0.15) is 5.75 Å². The van der Waals surface area contributed by atoms with Crippen molar-refractivity contribution in [1.82, 2.24) is 9.88 Å². The Labute approximate surface area is 156 Å². The highest BCUT2D eigenvalue weighted by atomic mass is 16.5. The summed E-state index contributed by atoms with van der Waals surface area (Å²) in [5.74, 6) is -1.31. The summed E-state index contributed by atoms with van der Waals surface area (Å²) < 4.78 is 5.53. The van der Waals surface area contributed by atoms with Gasteiger partial charge >= 0.3 is 5.97 Å². The van der Waals surface area contributed by atoms with Gasteiger partial charge in [0.15, 0.2) is 0 Å². The maximum Gasteiger partial charge on any atom is 0.304 e. The van der Waals surface area contributed by atoms with E-state index >= 15 is 0 Å². The van der Waals surface area contributed by atoms with Gasteiger partial charge in [0.05, 0.1) is 24.6 Å². The third-order valence-electron chi connectivity index (χ3n) is 4.62. The molecule has 1 saturated heterocycles. The molecule has 7 nitrogen and oxygen atoms in total. The lowest BCUT2D eigenvalue weighted by Crippen LogP contribution is -2.40. The quantitative estimate of drug-likeness (QED) is 0.566. The topological polar surface area (TPSA) is 96.8 Å². The number of carboxylic acids is 1. The fraction of sp³-hybridized carbons (Fsp3) is 0.300. The number of benzene rings is 1. The van der Waals surface area contributed by atoms with Crippen LogP contribution in [0.2, 0.25) is 0 Å². The van der Waals surface area contributed by atoms with Crippen molar-refractivity contribution in [2.24, 2.45) is 0 Å². The van der Waals surface area contributed by atoms with Gasteiger partial charge in [-0.3, -0.25) is 24.3 Å². The smallest absolute Gasteiger partial charge is 0.304 e. The molecule has 0 unspecified atom stereocenters. The van der Waals surface area contributed by atoms with Crippen molar-refractivity contribution in [2.75, 3.05) is 13.2 Å². The number of carbonyl (C=O) groups excluding carboxylic acids is 2. The van der Waals surface area contributed by atoms with Crippen LogP contribution in [0.1, 0.15) is 24.8 Å². The summed E-state index contributed by atoms with van der Waals surface area (Å²) in [5.41, 5.74) is -0.783. The first kappa shape index (κ1) is 18.6. The van der Waals surface area contributed by atoms with E-state index in [4.69, 9.17) is 4.74 Å². The van der Waals surface area contributed by atoms with Gasteiger partial charge in [-0.15, -0.1) is 0 Å². The Bertz CT molecular complexity index is 825. The molecule has 0 spiro atoms. The number of nitrogens with zero attached hydrogens (tertiary/aromatic N) is 2. The average Bonchev–Trinajstić information content (AvgIpc) is 2.91. The third kappa shape index (κ3) is 3.97. The normalized spacial score (nSPS) is 19.3. The highest BCUT2D eigenvalue weighted by molar-refractivity contribution is 6.10. The number of carbonyl (C=O) groups is 3. The van der Waals surface area contributed by atoms with Crippen LogP contribution in [0.15, 0.2) is 54.9 Å². The maximum atomic E-state index is 13.0.